The van der Waals surface area contributed by atoms with Crippen LogP contribution in [0.2, 0.25) is 0 Å². The number of amides is 1. The van der Waals surface area contributed by atoms with Crippen molar-refractivity contribution in [3.8, 4) is 5.75 Å². The lowest BCUT2D eigenvalue weighted by atomic mass is 10.2. The van der Waals surface area contributed by atoms with Crippen LogP contribution in [0.1, 0.15) is 23.7 Å². The summed E-state index contributed by atoms with van der Waals surface area (Å²) < 4.78 is 49.2. The molecule has 1 amide bonds. The Morgan fingerprint density at radius 2 is 2.03 bits per heavy atom. The van der Waals surface area contributed by atoms with Crippen molar-refractivity contribution in [2.24, 2.45) is 0 Å². The molecule has 8 nitrogen and oxygen atoms in total. The SMILES string of the molecule is CCOc1ccc(S(=O)(=O)NCCCn2ccnc2)cc1NC(=O)c1ccccc1F. The maximum absolute atomic E-state index is 13.9. The molecule has 0 aliphatic rings. The molecule has 3 rings (SSSR count). The Morgan fingerprint density at radius 3 is 2.74 bits per heavy atom. The van der Waals surface area contributed by atoms with Crippen LogP contribution in [0, 0.1) is 5.82 Å². The maximum Gasteiger partial charge on any atom is 0.258 e. The molecule has 1 aromatic heterocycles. The number of aromatic nitrogens is 2. The van der Waals surface area contributed by atoms with E-state index in [2.05, 4.69) is 15.0 Å². The number of nitrogens with zero attached hydrogens (tertiary/aromatic N) is 2. The van der Waals surface area contributed by atoms with Crippen LogP contribution in [0.5, 0.6) is 5.75 Å². The average molecular weight is 447 g/mol. The number of halogens is 1. The van der Waals surface area contributed by atoms with E-state index in [1.165, 1.54) is 42.5 Å². The molecular weight excluding hydrogens is 423 g/mol. The van der Waals surface area contributed by atoms with Crippen molar-refractivity contribution in [1.82, 2.24) is 14.3 Å². The predicted octanol–water partition coefficient (Wildman–Crippen LogP) is 3.04. The van der Waals surface area contributed by atoms with Crippen molar-refractivity contribution in [3.05, 3.63) is 72.6 Å². The molecule has 10 heteroatoms. The molecule has 1 heterocycles. The van der Waals surface area contributed by atoms with E-state index in [4.69, 9.17) is 4.74 Å². The molecule has 2 N–H and O–H groups in total. The molecule has 0 radical (unpaired) electrons. The van der Waals surface area contributed by atoms with Gasteiger partial charge in [0.1, 0.15) is 11.6 Å². The number of hydrogen-bond donors (Lipinski definition) is 2. The first kappa shape index (κ1) is 22.4. The number of nitrogens with one attached hydrogen (secondary N) is 2. The second kappa shape index (κ2) is 10.2. The summed E-state index contributed by atoms with van der Waals surface area (Å²) in [5.41, 5.74) is -0.0211. The highest BCUT2D eigenvalue weighted by Crippen LogP contribution is 2.28. The van der Waals surface area contributed by atoms with E-state index in [9.17, 15) is 17.6 Å². The highest BCUT2D eigenvalue weighted by molar-refractivity contribution is 7.89. The number of carbonyl (C=O) groups excluding carboxylic acids is 1. The summed E-state index contributed by atoms with van der Waals surface area (Å²) in [7, 11) is -3.82. The van der Waals surface area contributed by atoms with Crippen LogP contribution < -0.4 is 14.8 Å². The number of anilines is 1. The molecule has 0 spiro atoms. The predicted molar refractivity (Wildman–Crippen MR) is 114 cm³/mol. The van der Waals surface area contributed by atoms with E-state index in [1.807, 2.05) is 4.57 Å². The van der Waals surface area contributed by atoms with Crippen LogP contribution in [0.25, 0.3) is 0 Å². The number of rotatable bonds is 10. The monoisotopic (exact) mass is 446 g/mol. The summed E-state index contributed by atoms with van der Waals surface area (Å²) in [5.74, 6) is -1.10. The quantitative estimate of drug-likeness (QED) is 0.466. The van der Waals surface area contributed by atoms with Gasteiger partial charge in [-0.25, -0.2) is 22.5 Å². The lowest BCUT2D eigenvalue weighted by Gasteiger charge is -2.14. The number of benzene rings is 2. The molecule has 0 bridgehead atoms. The molecule has 0 saturated heterocycles. The second-order valence-electron chi connectivity index (χ2n) is 6.58. The number of ether oxygens (including phenoxy) is 1. The number of carbonyl (C=O) groups is 1. The molecule has 0 fully saturated rings. The highest BCUT2D eigenvalue weighted by atomic mass is 32.2. The van der Waals surface area contributed by atoms with Gasteiger partial charge in [0.25, 0.3) is 5.91 Å². The number of aryl methyl sites for hydroxylation is 1. The zero-order valence-electron chi connectivity index (χ0n) is 16.9. The Hall–Kier alpha value is -3.24. The average Bonchev–Trinajstić information content (AvgIpc) is 3.26. The lowest BCUT2D eigenvalue weighted by Crippen LogP contribution is -2.25. The molecule has 0 atom stereocenters. The van der Waals surface area contributed by atoms with Crippen molar-refractivity contribution in [2.75, 3.05) is 18.5 Å². The fourth-order valence-corrected chi connectivity index (χ4v) is 3.96. The Labute approximate surface area is 180 Å². The molecule has 0 aliphatic heterocycles. The minimum Gasteiger partial charge on any atom is -0.492 e. The Morgan fingerprint density at radius 1 is 1.23 bits per heavy atom. The highest BCUT2D eigenvalue weighted by Gasteiger charge is 2.19. The van der Waals surface area contributed by atoms with E-state index in [0.29, 0.717) is 19.6 Å². The third-order valence-electron chi connectivity index (χ3n) is 4.37. The normalized spacial score (nSPS) is 11.3. The Kier molecular flexibility index (Phi) is 7.37. The minimum atomic E-state index is -3.82. The van der Waals surface area contributed by atoms with Gasteiger partial charge in [-0.05, 0) is 43.7 Å². The second-order valence-corrected chi connectivity index (χ2v) is 8.34. The number of hydrogen-bond acceptors (Lipinski definition) is 5. The van der Waals surface area contributed by atoms with Gasteiger partial charge in [0.05, 0.1) is 29.1 Å². The van der Waals surface area contributed by atoms with E-state index >= 15 is 0 Å². The van der Waals surface area contributed by atoms with Gasteiger partial charge < -0.3 is 14.6 Å². The van der Waals surface area contributed by atoms with Gasteiger partial charge in [-0.2, -0.15) is 0 Å². The van der Waals surface area contributed by atoms with Gasteiger partial charge in [0.2, 0.25) is 10.0 Å². The Bertz CT molecular complexity index is 1130. The number of imidazole rings is 1. The number of sulfonamides is 1. The molecule has 0 aliphatic carbocycles. The molecule has 3 aromatic rings. The van der Waals surface area contributed by atoms with Crippen molar-refractivity contribution in [3.63, 3.8) is 0 Å². The summed E-state index contributed by atoms with van der Waals surface area (Å²) in [6, 6.07) is 9.67. The third kappa shape index (κ3) is 5.89. The third-order valence-corrected chi connectivity index (χ3v) is 5.83. The van der Waals surface area contributed by atoms with Gasteiger partial charge in [-0.15, -0.1) is 0 Å². The minimum absolute atomic E-state index is 0.0394. The summed E-state index contributed by atoms with van der Waals surface area (Å²) in [4.78, 5) is 16.4. The first-order valence-corrected chi connectivity index (χ1v) is 11.2. The first-order chi connectivity index (χ1) is 14.9. The van der Waals surface area contributed by atoms with Crippen LogP contribution in [0.4, 0.5) is 10.1 Å². The molecule has 31 heavy (non-hydrogen) atoms. The van der Waals surface area contributed by atoms with Crippen LogP contribution in [-0.2, 0) is 16.6 Å². The zero-order chi connectivity index (χ0) is 22.3. The van der Waals surface area contributed by atoms with Gasteiger partial charge in [-0.1, -0.05) is 12.1 Å². The van der Waals surface area contributed by atoms with Crippen LogP contribution in [0.15, 0.2) is 66.1 Å². The summed E-state index contributed by atoms with van der Waals surface area (Å²) in [6.45, 7) is 2.91. The molecular formula is C21H23FN4O4S. The summed E-state index contributed by atoms with van der Waals surface area (Å²) >= 11 is 0. The molecule has 0 unspecified atom stereocenters. The van der Waals surface area contributed by atoms with Gasteiger partial charge in [0, 0.05) is 25.5 Å². The van der Waals surface area contributed by atoms with E-state index in [1.54, 1.807) is 25.6 Å². The van der Waals surface area contributed by atoms with Crippen LogP contribution >= 0.6 is 0 Å². The van der Waals surface area contributed by atoms with Gasteiger partial charge in [0.15, 0.2) is 0 Å². The standard InChI is InChI=1S/C21H23FN4O4S/c1-2-30-20-9-8-16(31(28,29)24-10-5-12-26-13-11-23-15-26)14-19(20)25-21(27)17-6-3-4-7-18(17)22/h3-4,6-9,11,13-15,24H,2,5,10,12H2,1H3,(H,25,27). The van der Waals surface area contributed by atoms with E-state index in [-0.39, 0.29) is 28.4 Å². The zero-order valence-corrected chi connectivity index (χ0v) is 17.7. The molecule has 164 valence electrons. The van der Waals surface area contributed by atoms with Crippen molar-refractivity contribution in [2.45, 2.75) is 24.8 Å². The van der Waals surface area contributed by atoms with Crippen molar-refractivity contribution >= 4 is 21.6 Å². The van der Waals surface area contributed by atoms with E-state index < -0.39 is 21.7 Å². The van der Waals surface area contributed by atoms with Crippen LogP contribution in [-0.4, -0.2) is 37.0 Å². The van der Waals surface area contributed by atoms with Crippen molar-refractivity contribution in [1.29, 1.82) is 0 Å². The van der Waals surface area contributed by atoms with Gasteiger partial charge >= 0.3 is 0 Å². The maximum atomic E-state index is 13.9. The fourth-order valence-electron chi connectivity index (χ4n) is 2.86. The van der Waals surface area contributed by atoms with E-state index in [0.717, 1.165) is 0 Å². The fraction of sp³-hybridized carbons (Fsp3) is 0.238. The summed E-state index contributed by atoms with van der Waals surface area (Å²) in [6.07, 6.45) is 5.68. The largest absolute Gasteiger partial charge is 0.492 e. The lowest BCUT2D eigenvalue weighted by molar-refractivity contribution is 0.102. The van der Waals surface area contributed by atoms with Crippen LogP contribution in [0.3, 0.4) is 0 Å². The Balaban J connectivity index is 1.75. The summed E-state index contributed by atoms with van der Waals surface area (Å²) in [5, 5.41) is 2.54. The smallest absolute Gasteiger partial charge is 0.258 e. The van der Waals surface area contributed by atoms with Gasteiger partial charge in [-0.3, -0.25) is 4.79 Å². The van der Waals surface area contributed by atoms with Crippen molar-refractivity contribution < 1.29 is 22.3 Å². The topological polar surface area (TPSA) is 102 Å². The first-order valence-electron chi connectivity index (χ1n) is 9.69. The molecule has 0 saturated carbocycles. The molecule has 2 aromatic carbocycles.